The van der Waals surface area contributed by atoms with E-state index in [0.717, 1.165) is 69.7 Å². The van der Waals surface area contributed by atoms with Crippen LogP contribution in [0.2, 0.25) is 0 Å². The Morgan fingerprint density at radius 3 is 2.43 bits per heavy atom. The third-order valence-electron chi connectivity index (χ3n) is 7.37. The maximum Gasteiger partial charge on any atom is 0.312 e. The van der Waals surface area contributed by atoms with Crippen molar-refractivity contribution in [2.75, 3.05) is 37.6 Å². The maximum atomic E-state index is 12.3. The number of likely N-dealkylation sites (tertiary alicyclic amines) is 1. The van der Waals surface area contributed by atoms with Crippen LogP contribution in [0.1, 0.15) is 45.1 Å². The number of benzene rings is 1. The van der Waals surface area contributed by atoms with Crippen molar-refractivity contribution in [1.82, 2.24) is 4.90 Å². The first-order valence-electron chi connectivity index (χ1n) is 10.8. The molecule has 3 aliphatic heterocycles. The van der Waals surface area contributed by atoms with Gasteiger partial charge in [-0.15, -0.1) is 0 Å². The highest BCUT2D eigenvalue weighted by molar-refractivity contribution is 5.78. The van der Waals surface area contributed by atoms with Gasteiger partial charge in [0.25, 0.3) is 0 Å². The molecule has 0 saturated carbocycles. The molecular formula is C23H31N3O2. The Bertz CT molecular complexity index is 753. The Morgan fingerprint density at radius 2 is 1.82 bits per heavy atom. The van der Waals surface area contributed by atoms with Crippen LogP contribution in [0.15, 0.2) is 24.3 Å². The first-order chi connectivity index (χ1) is 13.6. The summed E-state index contributed by atoms with van der Waals surface area (Å²) in [6, 6.07) is 10.3. The Balaban J connectivity index is 1.28. The molecule has 0 N–H and O–H groups in total. The van der Waals surface area contributed by atoms with E-state index in [2.05, 4.69) is 35.8 Å². The van der Waals surface area contributed by atoms with Gasteiger partial charge in [-0.3, -0.25) is 4.79 Å². The quantitative estimate of drug-likeness (QED) is 0.707. The van der Waals surface area contributed by atoms with Crippen LogP contribution in [-0.2, 0) is 9.53 Å². The van der Waals surface area contributed by atoms with Crippen molar-refractivity contribution in [3.8, 4) is 6.07 Å². The third kappa shape index (κ3) is 3.39. The van der Waals surface area contributed by atoms with Gasteiger partial charge in [0.15, 0.2) is 0 Å². The maximum absolute atomic E-state index is 12.3. The molecular weight excluding hydrogens is 350 g/mol. The average molecular weight is 382 g/mol. The second-order valence-corrected chi connectivity index (χ2v) is 8.82. The number of fused-ring (bicyclic) bond motifs is 1. The lowest BCUT2D eigenvalue weighted by molar-refractivity contribution is -0.149. The smallest absolute Gasteiger partial charge is 0.312 e. The van der Waals surface area contributed by atoms with E-state index in [-0.39, 0.29) is 17.5 Å². The standard InChI is InChI=1S/C23H31N3O2/c1-3-23(4-2)11-20(28-22(23)27)9-10-25-13-18-15-26(16-19(18)14-25)21-8-6-5-7-17(21)12-24/h5-8,18-20H,3-4,9-11,13-16H2,1-2H3. The van der Waals surface area contributed by atoms with E-state index in [9.17, 15) is 10.1 Å². The van der Waals surface area contributed by atoms with Crippen LogP contribution in [0.25, 0.3) is 0 Å². The average Bonchev–Trinajstić information content (AvgIpc) is 3.37. The summed E-state index contributed by atoms with van der Waals surface area (Å²) in [6.45, 7) is 9.52. The van der Waals surface area contributed by atoms with Crippen molar-refractivity contribution in [3.63, 3.8) is 0 Å². The molecule has 3 unspecified atom stereocenters. The molecule has 3 aliphatic rings. The van der Waals surface area contributed by atoms with Gasteiger partial charge in [-0.1, -0.05) is 26.0 Å². The van der Waals surface area contributed by atoms with Gasteiger partial charge in [0, 0.05) is 39.1 Å². The summed E-state index contributed by atoms with van der Waals surface area (Å²) in [4.78, 5) is 17.2. The van der Waals surface area contributed by atoms with E-state index < -0.39 is 0 Å². The molecule has 5 nitrogen and oxygen atoms in total. The van der Waals surface area contributed by atoms with Gasteiger partial charge >= 0.3 is 5.97 Å². The second kappa shape index (κ2) is 7.75. The summed E-state index contributed by atoms with van der Waals surface area (Å²) in [5.41, 5.74) is 1.62. The van der Waals surface area contributed by atoms with Crippen LogP contribution < -0.4 is 4.90 Å². The number of rotatable bonds is 6. The highest BCUT2D eigenvalue weighted by Gasteiger charge is 2.46. The molecule has 0 aliphatic carbocycles. The lowest BCUT2D eigenvalue weighted by Gasteiger charge is -2.24. The predicted molar refractivity (Wildman–Crippen MR) is 109 cm³/mol. The van der Waals surface area contributed by atoms with Crippen LogP contribution in [0, 0.1) is 28.6 Å². The van der Waals surface area contributed by atoms with Crippen LogP contribution in [0.4, 0.5) is 5.69 Å². The largest absolute Gasteiger partial charge is 0.462 e. The number of anilines is 1. The minimum Gasteiger partial charge on any atom is -0.462 e. The number of ether oxygens (including phenoxy) is 1. The molecule has 5 heteroatoms. The van der Waals surface area contributed by atoms with Crippen LogP contribution in [0.3, 0.4) is 0 Å². The van der Waals surface area contributed by atoms with Gasteiger partial charge in [-0.05, 0) is 43.2 Å². The SMILES string of the molecule is CCC1(CC)CC(CCN2CC3CN(c4ccccc4C#N)CC3C2)OC1=O. The molecule has 3 fully saturated rings. The van der Waals surface area contributed by atoms with Crippen molar-refractivity contribution in [2.24, 2.45) is 17.3 Å². The lowest BCUT2D eigenvalue weighted by atomic mass is 9.79. The van der Waals surface area contributed by atoms with Gasteiger partial charge in [0.1, 0.15) is 12.2 Å². The molecule has 0 spiro atoms. The number of nitrogens with zero attached hydrogens (tertiary/aromatic N) is 3. The van der Waals surface area contributed by atoms with Crippen LogP contribution >= 0.6 is 0 Å². The van der Waals surface area contributed by atoms with Gasteiger partial charge in [-0.2, -0.15) is 5.26 Å². The Labute approximate surface area is 168 Å². The summed E-state index contributed by atoms with van der Waals surface area (Å²) in [5.74, 6) is 1.36. The van der Waals surface area contributed by atoms with Gasteiger partial charge in [-0.25, -0.2) is 0 Å². The normalized spacial score (nSPS) is 29.0. The highest BCUT2D eigenvalue weighted by atomic mass is 16.6. The van der Waals surface area contributed by atoms with E-state index >= 15 is 0 Å². The number of carbonyl (C=O) groups excluding carboxylic acids is 1. The number of cyclic esters (lactones) is 1. The molecule has 1 aromatic rings. The fourth-order valence-corrected chi connectivity index (χ4v) is 5.47. The number of hydrogen-bond donors (Lipinski definition) is 0. The van der Waals surface area contributed by atoms with Crippen molar-refractivity contribution in [2.45, 2.75) is 45.6 Å². The Hall–Kier alpha value is -2.06. The summed E-state index contributed by atoms with van der Waals surface area (Å²) in [5, 5.41) is 9.37. The zero-order valence-electron chi connectivity index (χ0n) is 17.1. The second-order valence-electron chi connectivity index (χ2n) is 8.82. The van der Waals surface area contributed by atoms with E-state index in [1.807, 2.05) is 18.2 Å². The number of hydrogen-bond acceptors (Lipinski definition) is 5. The van der Waals surface area contributed by atoms with Crippen molar-refractivity contribution < 1.29 is 9.53 Å². The number of para-hydroxylation sites is 1. The molecule has 0 aromatic heterocycles. The topological polar surface area (TPSA) is 56.6 Å². The summed E-state index contributed by atoms with van der Waals surface area (Å²) >= 11 is 0. The third-order valence-corrected chi connectivity index (χ3v) is 7.37. The van der Waals surface area contributed by atoms with Crippen LogP contribution in [0.5, 0.6) is 0 Å². The minimum atomic E-state index is -0.235. The zero-order valence-corrected chi connectivity index (χ0v) is 17.1. The van der Waals surface area contributed by atoms with E-state index in [4.69, 9.17) is 4.74 Å². The molecule has 3 heterocycles. The molecule has 0 radical (unpaired) electrons. The van der Waals surface area contributed by atoms with Crippen molar-refractivity contribution in [3.05, 3.63) is 29.8 Å². The minimum absolute atomic E-state index is 0.0209. The fraction of sp³-hybridized carbons (Fsp3) is 0.652. The molecule has 0 amide bonds. The van der Waals surface area contributed by atoms with E-state index in [0.29, 0.717) is 11.8 Å². The van der Waals surface area contributed by atoms with Gasteiger partial charge in [0.05, 0.1) is 16.7 Å². The molecule has 3 saturated heterocycles. The van der Waals surface area contributed by atoms with Crippen molar-refractivity contribution >= 4 is 11.7 Å². The molecule has 28 heavy (non-hydrogen) atoms. The predicted octanol–water partition coefficient (Wildman–Crippen LogP) is 3.44. The molecule has 4 rings (SSSR count). The Kier molecular flexibility index (Phi) is 5.33. The van der Waals surface area contributed by atoms with Crippen molar-refractivity contribution in [1.29, 1.82) is 5.26 Å². The van der Waals surface area contributed by atoms with Gasteiger partial charge in [0.2, 0.25) is 0 Å². The van der Waals surface area contributed by atoms with Gasteiger partial charge < -0.3 is 14.5 Å². The number of nitriles is 1. The summed E-state index contributed by atoms with van der Waals surface area (Å²) in [6.07, 6.45) is 3.69. The molecule has 0 bridgehead atoms. The Morgan fingerprint density at radius 1 is 1.14 bits per heavy atom. The number of carbonyl (C=O) groups is 1. The first-order valence-corrected chi connectivity index (χ1v) is 10.8. The molecule has 1 aromatic carbocycles. The van der Waals surface area contributed by atoms with Crippen LogP contribution in [-0.4, -0.2) is 49.7 Å². The zero-order chi connectivity index (χ0) is 19.7. The fourth-order valence-electron chi connectivity index (χ4n) is 5.47. The first kappa shape index (κ1) is 19.3. The summed E-state index contributed by atoms with van der Waals surface area (Å²) in [7, 11) is 0. The molecule has 150 valence electrons. The van der Waals surface area contributed by atoms with E-state index in [1.165, 1.54) is 0 Å². The molecule has 3 atom stereocenters. The monoisotopic (exact) mass is 381 g/mol. The van der Waals surface area contributed by atoms with E-state index in [1.54, 1.807) is 0 Å². The number of esters is 1. The summed E-state index contributed by atoms with van der Waals surface area (Å²) < 4.78 is 5.71. The lowest BCUT2D eigenvalue weighted by Crippen LogP contribution is -2.31. The highest BCUT2D eigenvalue weighted by Crippen LogP contribution is 2.41.